The van der Waals surface area contributed by atoms with Gasteiger partial charge < -0.3 is 15.0 Å². The zero-order valence-corrected chi connectivity index (χ0v) is 19.9. The second kappa shape index (κ2) is 10.2. The molecule has 0 spiro atoms. The van der Waals surface area contributed by atoms with Crippen LogP contribution in [0.25, 0.3) is 10.9 Å². The molecule has 4 nitrogen and oxygen atoms in total. The predicted octanol–water partition coefficient (Wildman–Crippen LogP) is 7.02. The van der Waals surface area contributed by atoms with E-state index in [4.69, 9.17) is 16.3 Å². The van der Waals surface area contributed by atoms with Crippen molar-refractivity contribution in [2.75, 3.05) is 6.54 Å². The van der Waals surface area contributed by atoms with Gasteiger partial charge in [-0.1, -0.05) is 48.0 Å². The van der Waals surface area contributed by atoms with Crippen LogP contribution in [0.4, 0.5) is 0 Å². The molecule has 0 aliphatic rings. The quantitative estimate of drug-likeness (QED) is 0.247. The number of hydrogen-bond acceptors (Lipinski definition) is 3. The average molecular weight is 487 g/mol. The normalized spacial score (nSPS) is 11.9. The van der Waals surface area contributed by atoms with Crippen LogP contribution in [0.1, 0.15) is 32.3 Å². The number of nitrogens with one attached hydrogen (secondary N) is 2. The van der Waals surface area contributed by atoms with Gasteiger partial charge in [-0.25, -0.2) is 0 Å². The standard InChI is InChI=1S/C28H23ClN2O2S/c29-21-11-13-22(14-12-21)33-18-19-7-9-20(10-8-19)28(32)31-17-25(27-6-3-15-34-27)24-16-30-26-5-2-1-4-23(24)26/h1-16,25,30H,17-18H2,(H,31,32)/t25-/m0/s1. The Balaban J connectivity index is 1.25. The van der Waals surface area contributed by atoms with Gasteiger partial charge in [0.15, 0.2) is 0 Å². The minimum Gasteiger partial charge on any atom is -0.489 e. The summed E-state index contributed by atoms with van der Waals surface area (Å²) < 4.78 is 5.78. The molecule has 0 aliphatic heterocycles. The molecule has 0 saturated carbocycles. The molecule has 3 aromatic carbocycles. The maximum Gasteiger partial charge on any atom is 0.251 e. The summed E-state index contributed by atoms with van der Waals surface area (Å²) in [5, 5.41) is 7.06. The zero-order valence-electron chi connectivity index (χ0n) is 18.3. The van der Waals surface area contributed by atoms with E-state index in [9.17, 15) is 4.79 Å². The van der Waals surface area contributed by atoms with Gasteiger partial charge in [0, 0.05) is 45.0 Å². The molecular formula is C28H23ClN2O2S. The number of aromatic nitrogens is 1. The number of amides is 1. The van der Waals surface area contributed by atoms with Crippen molar-refractivity contribution in [3.63, 3.8) is 0 Å². The Labute approximate surface area is 207 Å². The van der Waals surface area contributed by atoms with Crippen LogP contribution in [0.15, 0.2) is 96.5 Å². The third-order valence-electron chi connectivity index (χ3n) is 5.79. The number of ether oxygens (including phenoxy) is 1. The van der Waals surface area contributed by atoms with Gasteiger partial charge in [0.1, 0.15) is 12.4 Å². The van der Waals surface area contributed by atoms with E-state index in [1.165, 1.54) is 15.8 Å². The first-order valence-electron chi connectivity index (χ1n) is 11.0. The lowest BCUT2D eigenvalue weighted by atomic mass is 9.96. The van der Waals surface area contributed by atoms with Gasteiger partial charge in [0.2, 0.25) is 0 Å². The molecule has 5 rings (SSSR count). The highest BCUT2D eigenvalue weighted by molar-refractivity contribution is 7.10. The highest BCUT2D eigenvalue weighted by Crippen LogP contribution is 2.32. The van der Waals surface area contributed by atoms with Gasteiger partial charge in [0.05, 0.1) is 0 Å². The van der Waals surface area contributed by atoms with Crippen LogP contribution in [0, 0.1) is 0 Å². The zero-order chi connectivity index (χ0) is 23.3. The van der Waals surface area contributed by atoms with E-state index in [-0.39, 0.29) is 11.8 Å². The van der Waals surface area contributed by atoms with Crippen molar-refractivity contribution in [1.82, 2.24) is 10.3 Å². The third kappa shape index (κ3) is 5.01. The molecule has 0 bridgehead atoms. The fraction of sp³-hybridized carbons (Fsp3) is 0.107. The highest BCUT2D eigenvalue weighted by Gasteiger charge is 2.20. The van der Waals surface area contributed by atoms with Crippen LogP contribution in [0.2, 0.25) is 5.02 Å². The number of rotatable bonds is 8. The Kier molecular flexibility index (Phi) is 6.65. The molecule has 6 heteroatoms. The molecule has 0 radical (unpaired) electrons. The first-order chi connectivity index (χ1) is 16.7. The first kappa shape index (κ1) is 22.3. The van der Waals surface area contributed by atoms with Crippen molar-refractivity contribution in [2.24, 2.45) is 0 Å². The number of para-hydroxylation sites is 1. The molecular weight excluding hydrogens is 464 g/mol. The topological polar surface area (TPSA) is 54.1 Å². The first-order valence-corrected chi connectivity index (χ1v) is 12.3. The number of H-pyrrole nitrogens is 1. The number of fused-ring (bicyclic) bond motifs is 1. The van der Waals surface area contributed by atoms with Crippen LogP contribution >= 0.6 is 22.9 Å². The second-order valence-corrected chi connectivity index (χ2v) is 9.42. The lowest BCUT2D eigenvalue weighted by molar-refractivity contribution is 0.0952. The maximum atomic E-state index is 12.9. The van der Waals surface area contributed by atoms with Gasteiger partial charge in [-0.3, -0.25) is 4.79 Å². The van der Waals surface area contributed by atoms with Crippen molar-refractivity contribution in [2.45, 2.75) is 12.5 Å². The molecule has 0 unspecified atom stereocenters. The molecule has 34 heavy (non-hydrogen) atoms. The van der Waals surface area contributed by atoms with Crippen LogP contribution in [0.3, 0.4) is 0 Å². The van der Waals surface area contributed by atoms with Crippen LogP contribution in [-0.4, -0.2) is 17.4 Å². The SMILES string of the molecule is O=C(NC[C@H](c1cccs1)c1c[nH]c2ccccc12)c1ccc(COc2ccc(Cl)cc2)cc1. The summed E-state index contributed by atoms with van der Waals surface area (Å²) in [6.07, 6.45) is 2.05. The molecule has 1 amide bonds. The second-order valence-electron chi connectivity index (χ2n) is 8.01. The lowest BCUT2D eigenvalue weighted by Crippen LogP contribution is -2.28. The van der Waals surface area contributed by atoms with Crippen molar-refractivity contribution in [3.8, 4) is 5.75 Å². The summed E-state index contributed by atoms with van der Waals surface area (Å²) in [4.78, 5) is 17.5. The van der Waals surface area contributed by atoms with Crippen molar-refractivity contribution < 1.29 is 9.53 Å². The number of aromatic amines is 1. The van der Waals surface area contributed by atoms with E-state index in [0.717, 1.165) is 16.8 Å². The summed E-state index contributed by atoms with van der Waals surface area (Å²) in [6.45, 7) is 0.938. The average Bonchev–Trinajstić information content (AvgIpc) is 3.55. The Morgan fingerprint density at radius 2 is 1.76 bits per heavy atom. The van der Waals surface area contributed by atoms with Gasteiger partial charge in [-0.2, -0.15) is 0 Å². The van der Waals surface area contributed by atoms with E-state index >= 15 is 0 Å². The van der Waals surface area contributed by atoms with Crippen molar-refractivity contribution >= 4 is 39.7 Å². The van der Waals surface area contributed by atoms with Crippen molar-refractivity contribution in [1.29, 1.82) is 0 Å². The van der Waals surface area contributed by atoms with Gasteiger partial charge >= 0.3 is 0 Å². The van der Waals surface area contributed by atoms with E-state index in [1.54, 1.807) is 23.5 Å². The number of benzene rings is 3. The maximum absolute atomic E-state index is 12.9. The number of halogens is 1. The molecule has 2 N–H and O–H groups in total. The largest absolute Gasteiger partial charge is 0.489 e. The van der Waals surface area contributed by atoms with Gasteiger partial charge in [-0.05, 0) is 65.0 Å². The fourth-order valence-electron chi connectivity index (χ4n) is 3.98. The van der Waals surface area contributed by atoms with Gasteiger partial charge in [-0.15, -0.1) is 11.3 Å². The lowest BCUT2D eigenvalue weighted by Gasteiger charge is -2.16. The summed E-state index contributed by atoms with van der Waals surface area (Å²) in [7, 11) is 0. The monoisotopic (exact) mass is 486 g/mol. The summed E-state index contributed by atoms with van der Waals surface area (Å²) >= 11 is 7.62. The van der Waals surface area contributed by atoms with Gasteiger partial charge in [0.25, 0.3) is 5.91 Å². The summed E-state index contributed by atoms with van der Waals surface area (Å²) in [5.41, 5.74) is 3.90. The minimum atomic E-state index is -0.0911. The van der Waals surface area contributed by atoms with E-state index < -0.39 is 0 Å². The van der Waals surface area contributed by atoms with Crippen LogP contribution in [-0.2, 0) is 6.61 Å². The third-order valence-corrected chi connectivity index (χ3v) is 7.02. The molecule has 2 aromatic heterocycles. The minimum absolute atomic E-state index is 0.0761. The van der Waals surface area contributed by atoms with E-state index in [2.05, 4.69) is 46.1 Å². The fourth-order valence-corrected chi connectivity index (χ4v) is 4.95. The Bertz CT molecular complexity index is 1380. The molecule has 5 aromatic rings. The van der Waals surface area contributed by atoms with E-state index in [1.807, 2.05) is 48.5 Å². The molecule has 2 heterocycles. The number of carbonyl (C=O) groups excluding carboxylic acids is 1. The number of carbonyl (C=O) groups is 1. The molecule has 1 atom stereocenters. The highest BCUT2D eigenvalue weighted by atomic mass is 35.5. The molecule has 170 valence electrons. The Hall–Kier alpha value is -3.54. The van der Waals surface area contributed by atoms with Crippen LogP contribution in [0.5, 0.6) is 5.75 Å². The van der Waals surface area contributed by atoms with Crippen LogP contribution < -0.4 is 10.1 Å². The Morgan fingerprint density at radius 1 is 0.971 bits per heavy atom. The Morgan fingerprint density at radius 3 is 2.53 bits per heavy atom. The number of thiophene rings is 1. The molecule has 0 aliphatic carbocycles. The van der Waals surface area contributed by atoms with Crippen molar-refractivity contribution in [3.05, 3.63) is 123 Å². The summed E-state index contributed by atoms with van der Waals surface area (Å²) in [5.74, 6) is 0.738. The molecule has 0 saturated heterocycles. The number of hydrogen-bond donors (Lipinski definition) is 2. The predicted molar refractivity (Wildman–Crippen MR) is 139 cm³/mol. The summed E-state index contributed by atoms with van der Waals surface area (Å²) in [6, 6.07) is 27.2. The van der Waals surface area contributed by atoms with E-state index in [0.29, 0.717) is 23.7 Å². The smallest absolute Gasteiger partial charge is 0.251 e. The molecule has 0 fully saturated rings.